The number of carbonyl (C=O) groups excluding carboxylic acids is 1. The van der Waals surface area contributed by atoms with Gasteiger partial charge in [0.25, 0.3) is 5.91 Å². The molecule has 90 valence electrons. The van der Waals surface area contributed by atoms with Crippen molar-refractivity contribution in [3.8, 4) is 0 Å². The second kappa shape index (κ2) is 5.50. The molecule has 0 aliphatic rings. The number of aliphatic hydroxyl groups excluding tert-OH is 1. The zero-order chi connectivity index (χ0) is 12.2. The van der Waals surface area contributed by atoms with E-state index in [0.717, 1.165) is 0 Å². The second-order valence-corrected chi connectivity index (χ2v) is 5.24. The molecular formula is C11H16BrNO3. The maximum Gasteiger partial charge on any atom is 0.254 e. The Morgan fingerprint density at radius 3 is 2.81 bits per heavy atom. The number of carbonyl (C=O) groups is 1. The van der Waals surface area contributed by atoms with Gasteiger partial charge in [0.1, 0.15) is 6.26 Å². The van der Waals surface area contributed by atoms with Gasteiger partial charge in [-0.15, -0.1) is 0 Å². The molecule has 0 aromatic carbocycles. The number of nitrogens with one attached hydrogen (secondary N) is 1. The van der Waals surface area contributed by atoms with Crippen molar-refractivity contribution in [3.05, 3.63) is 22.6 Å². The van der Waals surface area contributed by atoms with Crippen molar-refractivity contribution >= 4 is 21.8 Å². The van der Waals surface area contributed by atoms with E-state index in [0.29, 0.717) is 23.2 Å². The molecule has 0 unspecified atom stereocenters. The molecule has 0 bridgehead atoms. The molecule has 0 saturated carbocycles. The predicted octanol–water partition coefficient (Wildman–Crippen LogP) is 2.18. The number of amides is 1. The smallest absolute Gasteiger partial charge is 0.254 e. The highest BCUT2D eigenvalue weighted by atomic mass is 79.9. The van der Waals surface area contributed by atoms with E-state index in [1.54, 1.807) is 6.07 Å². The zero-order valence-electron chi connectivity index (χ0n) is 9.42. The minimum atomic E-state index is -0.166. The van der Waals surface area contributed by atoms with Gasteiger partial charge in [-0.1, -0.05) is 13.8 Å². The SMILES string of the molecule is CC(C)(CCO)CNC(=O)c1coc(Br)c1. The van der Waals surface area contributed by atoms with Crippen LogP contribution in [0.2, 0.25) is 0 Å². The lowest BCUT2D eigenvalue weighted by Gasteiger charge is -2.23. The summed E-state index contributed by atoms with van der Waals surface area (Å²) in [5.74, 6) is -0.166. The van der Waals surface area contributed by atoms with E-state index in [1.165, 1.54) is 6.26 Å². The predicted molar refractivity (Wildman–Crippen MR) is 64.2 cm³/mol. The van der Waals surface area contributed by atoms with Crippen molar-refractivity contribution in [2.24, 2.45) is 5.41 Å². The van der Waals surface area contributed by atoms with Crippen molar-refractivity contribution in [2.45, 2.75) is 20.3 Å². The third kappa shape index (κ3) is 3.98. The van der Waals surface area contributed by atoms with Gasteiger partial charge in [0.05, 0.1) is 5.56 Å². The Morgan fingerprint density at radius 1 is 1.62 bits per heavy atom. The quantitative estimate of drug-likeness (QED) is 0.873. The number of hydrogen-bond acceptors (Lipinski definition) is 3. The van der Waals surface area contributed by atoms with E-state index in [1.807, 2.05) is 13.8 Å². The van der Waals surface area contributed by atoms with Crippen LogP contribution in [-0.2, 0) is 0 Å². The number of halogens is 1. The molecule has 4 nitrogen and oxygen atoms in total. The molecule has 0 saturated heterocycles. The lowest BCUT2D eigenvalue weighted by Crippen LogP contribution is -2.34. The highest BCUT2D eigenvalue weighted by Crippen LogP contribution is 2.19. The van der Waals surface area contributed by atoms with Crippen LogP contribution in [0.1, 0.15) is 30.6 Å². The summed E-state index contributed by atoms with van der Waals surface area (Å²) in [6.45, 7) is 4.64. The van der Waals surface area contributed by atoms with Gasteiger partial charge in [-0.05, 0) is 27.8 Å². The first-order valence-electron chi connectivity index (χ1n) is 5.08. The van der Waals surface area contributed by atoms with Crippen molar-refractivity contribution < 1.29 is 14.3 Å². The largest absolute Gasteiger partial charge is 0.457 e. The van der Waals surface area contributed by atoms with Crippen LogP contribution < -0.4 is 5.32 Å². The monoisotopic (exact) mass is 289 g/mol. The normalized spacial score (nSPS) is 11.5. The summed E-state index contributed by atoms with van der Waals surface area (Å²) >= 11 is 3.14. The first kappa shape index (κ1) is 13.3. The highest BCUT2D eigenvalue weighted by Gasteiger charge is 2.19. The summed E-state index contributed by atoms with van der Waals surface area (Å²) in [7, 11) is 0. The van der Waals surface area contributed by atoms with Crippen LogP contribution in [0.25, 0.3) is 0 Å². The summed E-state index contributed by atoms with van der Waals surface area (Å²) in [5, 5.41) is 11.7. The average molecular weight is 290 g/mol. The van der Waals surface area contributed by atoms with Crippen LogP contribution in [-0.4, -0.2) is 24.2 Å². The van der Waals surface area contributed by atoms with Gasteiger partial charge in [0.2, 0.25) is 0 Å². The Hall–Kier alpha value is -0.810. The Kier molecular flexibility index (Phi) is 4.56. The molecule has 5 heteroatoms. The fourth-order valence-electron chi connectivity index (χ4n) is 1.24. The third-order valence-electron chi connectivity index (χ3n) is 2.35. The van der Waals surface area contributed by atoms with Gasteiger partial charge < -0.3 is 14.8 Å². The van der Waals surface area contributed by atoms with Gasteiger partial charge >= 0.3 is 0 Å². The fraction of sp³-hybridized carbons (Fsp3) is 0.545. The Bertz CT molecular complexity index is 360. The highest BCUT2D eigenvalue weighted by molar-refractivity contribution is 9.10. The summed E-state index contributed by atoms with van der Waals surface area (Å²) in [5.41, 5.74) is 0.387. The van der Waals surface area contributed by atoms with Crippen LogP contribution in [0.4, 0.5) is 0 Å². The van der Waals surface area contributed by atoms with Crippen molar-refractivity contribution in [1.29, 1.82) is 0 Å². The lowest BCUT2D eigenvalue weighted by atomic mass is 9.90. The molecule has 2 N–H and O–H groups in total. The first-order valence-corrected chi connectivity index (χ1v) is 5.87. The third-order valence-corrected chi connectivity index (χ3v) is 2.76. The average Bonchev–Trinajstić information content (AvgIpc) is 2.61. The zero-order valence-corrected chi connectivity index (χ0v) is 11.0. The number of hydrogen-bond donors (Lipinski definition) is 2. The van der Waals surface area contributed by atoms with Crippen LogP contribution in [0.5, 0.6) is 0 Å². The molecule has 0 aliphatic heterocycles. The van der Waals surface area contributed by atoms with Gasteiger partial charge in [-0.3, -0.25) is 4.79 Å². The molecule has 16 heavy (non-hydrogen) atoms. The molecule has 1 amide bonds. The van der Waals surface area contributed by atoms with Crippen molar-refractivity contribution in [1.82, 2.24) is 5.32 Å². The Labute approximate surface area is 103 Å². The molecule has 0 fully saturated rings. The minimum absolute atomic E-state index is 0.106. The summed E-state index contributed by atoms with van der Waals surface area (Å²) in [6.07, 6.45) is 2.06. The van der Waals surface area contributed by atoms with E-state index in [2.05, 4.69) is 21.2 Å². The van der Waals surface area contributed by atoms with E-state index >= 15 is 0 Å². The van der Waals surface area contributed by atoms with E-state index in [4.69, 9.17) is 9.52 Å². The Morgan fingerprint density at radius 2 is 2.31 bits per heavy atom. The summed E-state index contributed by atoms with van der Waals surface area (Å²) < 4.78 is 5.52. The molecule has 1 aromatic rings. The first-order chi connectivity index (χ1) is 7.44. The van der Waals surface area contributed by atoms with Gasteiger partial charge in [-0.2, -0.15) is 0 Å². The maximum atomic E-state index is 11.7. The minimum Gasteiger partial charge on any atom is -0.457 e. The fourth-order valence-corrected chi connectivity index (χ4v) is 1.58. The van der Waals surface area contributed by atoms with Gasteiger partial charge in [0, 0.05) is 19.2 Å². The molecule has 1 heterocycles. The molecule has 1 aromatic heterocycles. The molecular weight excluding hydrogens is 274 g/mol. The van der Waals surface area contributed by atoms with Crippen LogP contribution >= 0.6 is 15.9 Å². The van der Waals surface area contributed by atoms with Gasteiger partial charge in [0.15, 0.2) is 4.67 Å². The van der Waals surface area contributed by atoms with Crippen LogP contribution in [0.15, 0.2) is 21.4 Å². The second-order valence-electron chi connectivity index (χ2n) is 4.46. The Balaban J connectivity index is 2.47. The number of aliphatic hydroxyl groups is 1. The molecule has 0 spiro atoms. The van der Waals surface area contributed by atoms with Crippen molar-refractivity contribution in [2.75, 3.05) is 13.2 Å². The van der Waals surface area contributed by atoms with E-state index < -0.39 is 0 Å². The molecule has 0 radical (unpaired) electrons. The standard InChI is InChI=1S/C11H16BrNO3/c1-11(2,3-4-14)7-13-10(15)8-5-9(12)16-6-8/h5-6,14H,3-4,7H2,1-2H3,(H,13,15). The number of rotatable bonds is 5. The number of furan rings is 1. The summed E-state index contributed by atoms with van der Waals surface area (Å²) in [6, 6.07) is 1.62. The van der Waals surface area contributed by atoms with E-state index in [9.17, 15) is 4.79 Å². The topological polar surface area (TPSA) is 62.5 Å². The molecule has 0 atom stereocenters. The van der Waals surface area contributed by atoms with Crippen molar-refractivity contribution in [3.63, 3.8) is 0 Å². The summed E-state index contributed by atoms with van der Waals surface area (Å²) in [4.78, 5) is 11.7. The van der Waals surface area contributed by atoms with Crippen LogP contribution in [0, 0.1) is 5.41 Å². The lowest BCUT2D eigenvalue weighted by molar-refractivity contribution is 0.0927. The van der Waals surface area contributed by atoms with E-state index in [-0.39, 0.29) is 17.9 Å². The maximum absolute atomic E-state index is 11.7. The van der Waals surface area contributed by atoms with Gasteiger partial charge in [-0.25, -0.2) is 0 Å². The van der Waals surface area contributed by atoms with Crippen LogP contribution in [0.3, 0.4) is 0 Å². The molecule has 0 aliphatic carbocycles. The molecule has 1 rings (SSSR count).